The van der Waals surface area contributed by atoms with E-state index in [1.807, 2.05) is 31.2 Å². The maximum atomic E-state index is 13.9. The van der Waals surface area contributed by atoms with Crippen LogP contribution >= 0.6 is 22.9 Å². The lowest BCUT2D eigenvalue weighted by Crippen LogP contribution is -2.38. The van der Waals surface area contributed by atoms with Crippen LogP contribution in [0.15, 0.2) is 36.8 Å². The Hall–Kier alpha value is -2.98. The second-order valence-electron chi connectivity index (χ2n) is 11.8. The van der Waals surface area contributed by atoms with Crippen LogP contribution in [0.5, 0.6) is 0 Å². The van der Waals surface area contributed by atoms with Crippen molar-refractivity contribution < 1.29 is 32.0 Å². The molecule has 2 aromatic heterocycles. The number of carbonyl (C=O) groups excluding carboxylic acids is 1. The van der Waals surface area contributed by atoms with Crippen LogP contribution in [0, 0.1) is 24.7 Å². The highest BCUT2D eigenvalue weighted by Gasteiger charge is 2.38. The molecule has 1 fully saturated rings. The van der Waals surface area contributed by atoms with E-state index in [2.05, 4.69) is 15.3 Å². The van der Waals surface area contributed by atoms with Crippen molar-refractivity contribution in [2.24, 2.45) is 28.6 Å². The van der Waals surface area contributed by atoms with E-state index in [0.29, 0.717) is 47.2 Å². The standard InChI is InChI=1S/C30H36ClN5O7S2/c1-15(26(32)30(38)39)7-18-8-21(9-19(18)13-43-45(33,40)41)36-29-24(12-34-14-35-29)27(37)25-11-22(16(2)44-25)28-23-10-20(31)4-3-17(23)5-6-42-28/h3-4,10-12,14-15,18-19,21,26,28H,5-9,13,32H2,1-2H3,(H,38,39)(H2,33,40,41)(H,34,35,36)/t15?,18?,19?,21?,26-,28+/m1/s1. The molecule has 0 bridgehead atoms. The molecule has 3 aromatic rings. The molecule has 6 N–H and O–H groups in total. The molecule has 0 radical (unpaired) electrons. The summed E-state index contributed by atoms with van der Waals surface area (Å²) in [6.07, 6.45) is 4.75. The number of nitrogens with one attached hydrogen (secondary N) is 1. The zero-order valence-electron chi connectivity index (χ0n) is 24.8. The SMILES string of the molecule is Cc1sc(C(=O)c2cncnc2NC2CC(COS(N)(=O)=O)C(CC(C)[C@@H](N)C(=O)O)C2)cc1[C@@H]1OCCc2ccc(Cl)cc21. The van der Waals surface area contributed by atoms with E-state index in [9.17, 15) is 23.1 Å². The lowest BCUT2D eigenvalue weighted by Gasteiger charge is -2.26. The molecule has 1 aliphatic heterocycles. The first-order valence-corrected chi connectivity index (χ1v) is 17.2. The lowest BCUT2D eigenvalue weighted by atomic mass is 9.85. The van der Waals surface area contributed by atoms with Crippen LogP contribution in [0.4, 0.5) is 5.82 Å². The number of ether oxygens (including phenoxy) is 1. The smallest absolute Gasteiger partial charge is 0.333 e. The average molecular weight is 678 g/mol. The van der Waals surface area contributed by atoms with Crippen molar-refractivity contribution in [1.29, 1.82) is 0 Å². The van der Waals surface area contributed by atoms with Gasteiger partial charge in [0, 0.05) is 22.1 Å². The van der Waals surface area contributed by atoms with Crippen molar-refractivity contribution in [2.45, 2.75) is 57.7 Å². The zero-order valence-corrected chi connectivity index (χ0v) is 27.2. The number of carboxylic acid groups (broad SMARTS) is 1. The summed E-state index contributed by atoms with van der Waals surface area (Å²) in [6.45, 7) is 4.12. The molecule has 1 aliphatic carbocycles. The third-order valence-corrected chi connectivity index (χ3v) is 10.4. The Morgan fingerprint density at radius 2 is 2.00 bits per heavy atom. The number of rotatable bonds is 12. The third kappa shape index (κ3) is 7.88. The van der Waals surface area contributed by atoms with E-state index in [-0.39, 0.29) is 42.3 Å². The quantitative estimate of drug-likeness (QED) is 0.203. The van der Waals surface area contributed by atoms with Crippen molar-refractivity contribution in [1.82, 2.24) is 9.97 Å². The first-order chi connectivity index (χ1) is 21.3. The summed E-state index contributed by atoms with van der Waals surface area (Å²) in [5.74, 6) is -1.73. The number of aliphatic carboxylic acids is 1. The van der Waals surface area contributed by atoms with Gasteiger partial charge in [-0.15, -0.1) is 11.3 Å². The van der Waals surface area contributed by atoms with Gasteiger partial charge in [0.15, 0.2) is 0 Å². The molecular formula is C30H36ClN5O7S2. The predicted octanol–water partition coefficient (Wildman–Crippen LogP) is 3.86. The number of hydrogen-bond donors (Lipinski definition) is 4. The zero-order chi connectivity index (χ0) is 32.5. The fourth-order valence-corrected chi connectivity index (χ4v) is 7.90. The van der Waals surface area contributed by atoms with E-state index in [0.717, 1.165) is 22.4 Å². The minimum absolute atomic E-state index is 0.111. The molecule has 15 heteroatoms. The third-order valence-electron chi connectivity index (χ3n) is 8.67. The van der Waals surface area contributed by atoms with Crippen LogP contribution in [-0.2, 0) is 30.4 Å². The lowest BCUT2D eigenvalue weighted by molar-refractivity contribution is -0.139. The van der Waals surface area contributed by atoms with E-state index in [4.69, 9.17) is 31.4 Å². The first-order valence-electron chi connectivity index (χ1n) is 14.6. The largest absolute Gasteiger partial charge is 0.480 e. The van der Waals surface area contributed by atoms with Crippen molar-refractivity contribution in [3.8, 4) is 0 Å². The van der Waals surface area contributed by atoms with E-state index >= 15 is 0 Å². The summed E-state index contributed by atoms with van der Waals surface area (Å²) in [7, 11) is -4.17. The topological polar surface area (TPSA) is 197 Å². The molecule has 45 heavy (non-hydrogen) atoms. The minimum atomic E-state index is -4.17. The summed E-state index contributed by atoms with van der Waals surface area (Å²) in [4.78, 5) is 35.3. The van der Waals surface area contributed by atoms with Crippen LogP contribution in [-0.4, -0.2) is 60.5 Å². The summed E-state index contributed by atoms with van der Waals surface area (Å²) >= 11 is 7.67. The normalized spacial score (nSPS) is 22.9. The molecule has 12 nitrogen and oxygen atoms in total. The number of nitrogens with two attached hydrogens (primary N) is 2. The maximum Gasteiger partial charge on any atom is 0.333 e. The van der Waals surface area contributed by atoms with Gasteiger partial charge in [0.25, 0.3) is 0 Å². The molecule has 4 unspecified atom stereocenters. The molecule has 0 spiro atoms. The molecule has 6 atom stereocenters. The number of aryl methyl sites for hydroxylation is 1. The number of hydrogen-bond acceptors (Lipinski definition) is 11. The molecule has 1 saturated carbocycles. The van der Waals surface area contributed by atoms with Crippen molar-refractivity contribution in [3.63, 3.8) is 0 Å². The second kappa shape index (κ2) is 13.8. The summed E-state index contributed by atoms with van der Waals surface area (Å²) in [6, 6.07) is 6.39. The summed E-state index contributed by atoms with van der Waals surface area (Å²) < 4.78 is 34.1. The highest BCUT2D eigenvalue weighted by molar-refractivity contribution is 7.84. The Morgan fingerprint density at radius 1 is 1.24 bits per heavy atom. The average Bonchev–Trinajstić information content (AvgIpc) is 3.57. The maximum absolute atomic E-state index is 13.9. The van der Waals surface area contributed by atoms with Gasteiger partial charge in [0.1, 0.15) is 24.3 Å². The first kappa shape index (κ1) is 33.4. The Balaban J connectivity index is 1.35. The van der Waals surface area contributed by atoms with Gasteiger partial charge < -0.3 is 20.9 Å². The number of carboxylic acids is 1. The van der Waals surface area contributed by atoms with Crippen LogP contribution in [0.3, 0.4) is 0 Å². The van der Waals surface area contributed by atoms with Crippen molar-refractivity contribution in [2.75, 3.05) is 18.5 Å². The summed E-state index contributed by atoms with van der Waals surface area (Å²) in [5.41, 5.74) is 9.21. The Morgan fingerprint density at radius 3 is 2.73 bits per heavy atom. The van der Waals surface area contributed by atoms with Crippen LogP contribution in [0.1, 0.15) is 69.1 Å². The molecule has 2 aliphatic rings. The van der Waals surface area contributed by atoms with Crippen LogP contribution < -0.4 is 16.2 Å². The van der Waals surface area contributed by atoms with E-state index in [1.165, 1.54) is 29.4 Å². The molecule has 3 heterocycles. The van der Waals surface area contributed by atoms with Gasteiger partial charge in [-0.05, 0) is 85.3 Å². The van der Waals surface area contributed by atoms with Gasteiger partial charge in [0.05, 0.1) is 23.7 Å². The number of nitrogens with zero attached hydrogens (tertiary/aromatic N) is 2. The fraction of sp³-hybridized carbons (Fsp3) is 0.467. The van der Waals surface area contributed by atoms with Gasteiger partial charge >= 0.3 is 16.3 Å². The minimum Gasteiger partial charge on any atom is -0.480 e. The highest BCUT2D eigenvalue weighted by Crippen LogP contribution is 2.41. The number of halogens is 1. The molecule has 1 aromatic carbocycles. The van der Waals surface area contributed by atoms with E-state index in [1.54, 1.807) is 6.92 Å². The second-order valence-corrected chi connectivity index (χ2v) is 14.7. The Bertz CT molecular complexity index is 1680. The number of benzene rings is 1. The number of ketones is 1. The fourth-order valence-electron chi connectivity index (χ4n) is 6.35. The van der Waals surface area contributed by atoms with Gasteiger partial charge in [-0.1, -0.05) is 24.6 Å². The molecule has 0 saturated heterocycles. The molecule has 242 valence electrons. The van der Waals surface area contributed by atoms with Gasteiger partial charge in [-0.3, -0.25) is 13.8 Å². The number of anilines is 1. The van der Waals surface area contributed by atoms with Crippen LogP contribution in [0.25, 0.3) is 0 Å². The summed E-state index contributed by atoms with van der Waals surface area (Å²) in [5, 5.41) is 18.4. The van der Waals surface area contributed by atoms with Crippen molar-refractivity contribution >= 4 is 50.8 Å². The predicted molar refractivity (Wildman–Crippen MR) is 170 cm³/mol. The van der Waals surface area contributed by atoms with Gasteiger partial charge in [-0.25, -0.2) is 15.1 Å². The number of aromatic nitrogens is 2. The monoisotopic (exact) mass is 677 g/mol. The Kier molecular flexibility index (Phi) is 10.2. The van der Waals surface area contributed by atoms with Gasteiger partial charge in [-0.2, -0.15) is 8.42 Å². The van der Waals surface area contributed by atoms with Gasteiger partial charge in [0.2, 0.25) is 5.78 Å². The van der Waals surface area contributed by atoms with Crippen LogP contribution in [0.2, 0.25) is 5.02 Å². The number of fused-ring (bicyclic) bond motifs is 1. The molecule has 0 amide bonds. The molecule has 5 rings (SSSR count). The van der Waals surface area contributed by atoms with Crippen molar-refractivity contribution in [3.05, 3.63) is 73.8 Å². The Labute approximate surface area is 270 Å². The number of thiophene rings is 1. The number of carbonyl (C=O) groups is 2. The molecular weight excluding hydrogens is 642 g/mol. The highest BCUT2D eigenvalue weighted by atomic mass is 35.5. The van der Waals surface area contributed by atoms with E-state index < -0.39 is 22.3 Å².